The van der Waals surface area contributed by atoms with Crippen LogP contribution in [0.2, 0.25) is 0 Å². The molecule has 0 spiro atoms. The first-order valence-electron chi connectivity index (χ1n) is 6.04. The van der Waals surface area contributed by atoms with Gasteiger partial charge in [-0.25, -0.2) is 0 Å². The quantitative estimate of drug-likeness (QED) is 0.816. The van der Waals surface area contributed by atoms with Gasteiger partial charge in [0.25, 0.3) is 0 Å². The number of hydrogen-bond donors (Lipinski definition) is 1. The molecule has 0 atom stereocenters. The standard InChI is InChI=1S/C14H20BNO2/c1-10-11(9-16)7-6-8-12(10)15-18-14(4,5)13(2,3)17/h6-8,15,17H,1-5H3. The molecule has 0 saturated heterocycles. The molecule has 0 bridgehead atoms. The molecule has 1 aromatic carbocycles. The van der Waals surface area contributed by atoms with Crippen LogP contribution < -0.4 is 5.46 Å². The van der Waals surface area contributed by atoms with E-state index in [-0.39, 0.29) is 0 Å². The summed E-state index contributed by atoms with van der Waals surface area (Å²) in [7, 11) is 0.387. The molecule has 4 heteroatoms. The normalized spacial score (nSPS) is 12.1. The number of rotatable bonds is 4. The van der Waals surface area contributed by atoms with Crippen molar-refractivity contribution in [2.45, 2.75) is 45.8 Å². The van der Waals surface area contributed by atoms with E-state index in [9.17, 15) is 5.11 Å². The Balaban J connectivity index is 2.86. The first-order chi connectivity index (χ1) is 8.19. The Kier molecular flexibility index (Phi) is 4.21. The van der Waals surface area contributed by atoms with E-state index < -0.39 is 11.2 Å². The molecule has 0 heterocycles. The van der Waals surface area contributed by atoms with Gasteiger partial charge in [0.15, 0.2) is 0 Å². The van der Waals surface area contributed by atoms with Gasteiger partial charge in [0, 0.05) is 0 Å². The molecule has 0 aromatic heterocycles. The van der Waals surface area contributed by atoms with Gasteiger partial charge in [0.05, 0.1) is 22.8 Å². The van der Waals surface area contributed by atoms with Gasteiger partial charge in [0.2, 0.25) is 0 Å². The van der Waals surface area contributed by atoms with Crippen molar-refractivity contribution in [3.63, 3.8) is 0 Å². The number of hydrogen-bond acceptors (Lipinski definition) is 3. The molecule has 0 unspecified atom stereocenters. The van der Waals surface area contributed by atoms with Crippen LogP contribution in [0.15, 0.2) is 18.2 Å². The van der Waals surface area contributed by atoms with Crippen LogP contribution in [-0.2, 0) is 4.65 Å². The molecule has 0 fully saturated rings. The van der Waals surface area contributed by atoms with E-state index in [0.717, 1.165) is 11.0 Å². The highest BCUT2D eigenvalue weighted by molar-refractivity contribution is 6.47. The third-order valence-electron chi connectivity index (χ3n) is 3.63. The largest absolute Gasteiger partial charge is 0.427 e. The van der Waals surface area contributed by atoms with E-state index in [1.54, 1.807) is 19.9 Å². The fourth-order valence-corrected chi connectivity index (χ4v) is 1.40. The molecule has 0 aliphatic rings. The third kappa shape index (κ3) is 3.13. The van der Waals surface area contributed by atoms with Crippen molar-refractivity contribution in [1.82, 2.24) is 0 Å². The first-order valence-corrected chi connectivity index (χ1v) is 6.04. The second kappa shape index (κ2) is 5.13. The molecule has 0 saturated carbocycles. The highest BCUT2D eigenvalue weighted by atomic mass is 16.5. The molecule has 0 aliphatic heterocycles. The molecular weight excluding hydrogens is 225 g/mol. The van der Waals surface area contributed by atoms with Gasteiger partial charge < -0.3 is 9.76 Å². The van der Waals surface area contributed by atoms with Gasteiger partial charge in [-0.15, -0.1) is 0 Å². The molecule has 1 aromatic rings. The van der Waals surface area contributed by atoms with Gasteiger partial charge in [-0.2, -0.15) is 5.26 Å². The smallest absolute Gasteiger partial charge is 0.309 e. The van der Waals surface area contributed by atoms with Crippen molar-refractivity contribution in [2.75, 3.05) is 0 Å². The van der Waals surface area contributed by atoms with E-state index in [1.165, 1.54) is 0 Å². The van der Waals surface area contributed by atoms with Crippen LogP contribution in [0.4, 0.5) is 0 Å². The van der Waals surface area contributed by atoms with Crippen molar-refractivity contribution < 1.29 is 9.76 Å². The molecule has 18 heavy (non-hydrogen) atoms. The zero-order chi connectivity index (χ0) is 14.0. The second-order valence-corrected chi connectivity index (χ2v) is 5.56. The minimum Gasteiger partial charge on any atom is -0.427 e. The van der Waals surface area contributed by atoms with E-state index in [0.29, 0.717) is 13.0 Å². The maximum Gasteiger partial charge on any atom is 0.309 e. The molecule has 1 rings (SSSR count). The van der Waals surface area contributed by atoms with Crippen molar-refractivity contribution in [1.29, 1.82) is 5.26 Å². The summed E-state index contributed by atoms with van der Waals surface area (Å²) in [6, 6.07) is 7.74. The van der Waals surface area contributed by atoms with Crippen molar-refractivity contribution in [3.8, 4) is 6.07 Å². The highest BCUT2D eigenvalue weighted by Crippen LogP contribution is 2.24. The minimum absolute atomic E-state index is 0.387. The van der Waals surface area contributed by atoms with Crippen LogP contribution in [0.5, 0.6) is 0 Å². The lowest BCUT2D eigenvalue weighted by molar-refractivity contribution is -0.0893. The fourth-order valence-electron chi connectivity index (χ4n) is 1.40. The zero-order valence-electron chi connectivity index (χ0n) is 11.7. The average Bonchev–Trinajstić information content (AvgIpc) is 2.26. The SMILES string of the molecule is Cc1c(BOC(C)(C)C(C)(C)O)cccc1C#N. The fraction of sp³-hybridized carbons (Fsp3) is 0.500. The van der Waals surface area contributed by atoms with Crippen LogP contribution in [0.1, 0.15) is 38.8 Å². The van der Waals surface area contributed by atoms with Crippen LogP contribution >= 0.6 is 0 Å². The lowest BCUT2D eigenvalue weighted by Gasteiger charge is -2.37. The molecular formula is C14H20BNO2. The topological polar surface area (TPSA) is 53.2 Å². The predicted molar refractivity (Wildman–Crippen MR) is 74.1 cm³/mol. The Morgan fingerprint density at radius 2 is 1.89 bits per heavy atom. The molecule has 0 radical (unpaired) electrons. The highest BCUT2D eigenvalue weighted by Gasteiger charge is 2.35. The van der Waals surface area contributed by atoms with E-state index in [2.05, 4.69) is 6.07 Å². The second-order valence-electron chi connectivity index (χ2n) is 5.56. The van der Waals surface area contributed by atoms with Crippen molar-refractivity contribution in [2.24, 2.45) is 0 Å². The zero-order valence-corrected chi connectivity index (χ0v) is 11.7. The predicted octanol–water partition coefficient (Wildman–Crippen LogP) is 1.41. The summed E-state index contributed by atoms with van der Waals surface area (Å²) in [6.45, 7) is 9.08. The van der Waals surface area contributed by atoms with Crippen molar-refractivity contribution >= 4 is 12.9 Å². The number of benzene rings is 1. The Hall–Kier alpha value is -1.31. The van der Waals surface area contributed by atoms with Gasteiger partial charge >= 0.3 is 7.48 Å². The monoisotopic (exact) mass is 245 g/mol. The minimum atomic E-state index is -0.923. The van der Waals surface area contributed by atoms with E-state index in [1.807, 2.05) is 32.9 Å². The summed E-state index contributed by atoms with van der Waals surface area (Å²) in [6.07, 6.45) is 0. The summed E-state index contributed by atoms with van der Waals surface area (Å²) >= 11 is 0. The Morgan fingerprint density at radius 1 is 1.28 bits per heavy atom. The van der Waals surface area contributed by atoms with Crippen molar-refractivity contribution in [3.05, 3.63) is 29.3 Å². The number of nitriles is 1. The Morgan fingerprint density at radius 3 is 2.39 bits per heavy atom. The van der Waals surface area contributed by atoms with Gasteiger partial charge in [-0.05, 0) is 51.7 Å². The third-order valence-corrected chi connectivity index (χ3v) is 3.63. The van der Waals surface area contributed by atoms with Crippen LogP contribution in [0.3, 0.4) is 0 Å². The lowest BCUT2D eigenvalue weighted by Crippen LogP contribution is -2.49. The molecule has 0 aliphatic carbocycles. The van der Waals surface area contributed by atoms with E-state index in [4.69, 9.17) is 9.92 Å². The molecule has 0 amide bonds. The van der Waals surface area contributed by atoms with Gasteiger partial charge in [0.1, 0.15) is 0 Å². The van der Waals surface area contributed by atoms with Gasteiger partial charge in [-0.3, -0.25) is 0 Å². The van der Waals surface area contributed by atoms with Crippen LogP contribution in [-0.4, -0.2) is 23.8 Å². The first kappa shape index (κ1) is 14.8. The molecule has 3 nitrogen and oxygen atoms in total. The van der Waals surface area contributed by atoms with Gasteiger partial charge in [-0.1, -0.05) is 12.1 Å². The Bertz CT molecular complexity index is 470. The number of aliphatic hydroxyl groups is 1. The lowest BCUT2D eigenvalue weighted by atomic mass is 9.79. The Labute approximate surface area is 110 Å². The molecule has 1 N–H and O–H groups in total. The summed E-state index contributed by atoms with van der Waals surface area (Å²) in [5, 5.41) is 19.0. The summed E-state index contributed by atoms with van der Waals surface area (Å²) in [5.74, 6) is 0. The van der Waals surface area contributed by atoms with E-state index >= 15 is 0 Å². The summed E-state index contributed by atoms with van der Waals surface area (Å²) in [5.41, 5.74) is 1.01. The molecule has 96 valence electrons. The van der Waals surface area contributed by atoms with Crippen LogP contribution in [0.25, 0.3) is 0 Å². The summed E-state index contributed by atoms with van der Waals surface area (Å²) < 4.78 is 5.80. The maximum absolute atomic E-state index is 10.0. The summed E-state index contributed by atoms with van der Waals surface area (Å²) in [4.78, 5) is 0. The van der Waals surface area contributed by atoms with Crippen LogP contribution in [0, 0.1) is 18.3 Å². The average molecular weight is 245 g/mol. The number of nitrogens with zero attached hydrogens (tertiary/aromatic N) is 1. The maximum atomic E-state index is 10.0.